The lowest BCUT2D eigenvalue weighted by atomic mass is 10.1. The van der Waals surface area contributed by atoms with Crippen molar-refractivity contribution >= 4 is 22.5 Å². The molecule has 0 amide bonds. The maximum absolute atomic E-state index is 14.0. The molecule has 39 heavy (non-hydrogen) atoms. The SMILES string of the molecule is COc1cc(-c2ncc(F)cc2Cl)cc2c1c(=O)n(Cc1ncn(C)n1)c(=O)n2Cc1cc(F)c(F)c(F)c1. The van der Waals surface area contributed by atoms with Crippen LogP contribution < -0.4 is 16.0 Å². The van der Waals surface area contributed by atoms with Crippen LogP contribution >= 0.6 is 11.6 Å². The molecule has 0 unspecified atom stereocenters. The molecule has 0 spiro atoms. The zero-order valence-corrected chi connectivity index (χ0v) is 21.0. The normalized spacial score (nSPS) is 11.4. The van der Waals surface area contributed by atoms with Gasteiger partial charge in [-0.1, -0.05) is 11.6 Å². The van der Waals surface area contributed by atoms with Crippen LogP contribution in [0.25, 0.3) is 22.2 Å². The summed E-state index contributed by atoms with van der Waals surface area (Å²) in [5.74, 6) is -5.08. The molecule has 5 aromatic rings. The number of ether oxygens (including phenoxy) is 1. The minimum atomic E-state index is -1.66. The third-order valence-electron chi connectivity index (χ3n) is 5.93. The second-order valence-electron chi connectivity index (χ2n) is 8.52. The number of aromatic nitrogens is 6. The number of nitrogens with zero attached hydrogens (tertiary/aromatic N) is 6. The number of fused-ring (bicyclic) bond motifs is 1. The van der Waals surface area contributed by atoms with Crippen LogP contribution in [0, 0.1) is 23.3 Å². The van der Waals surface area contributed by atoms with E-state index >= 15 is 0 Å². The fraction of sp³-hybridized carbons (Fsp3) is 0.160. The molecule has 3 aromatic heterocycles. The summed E-state index contributed by atoms with van der Waals surface area (Å²) in [5.41, 5.74) is -1.34. The monoisotopic (exact) mass is 560 g/mol. The van der Waals surface area contributed by atoms with E-state index in [0.29, 0.717) is 0 Å². The highest BCUT2D eigenvalue weighted by Gasteiger charge is 2.22. The first-order valence-electron chi connectivity index (χ1n) is 11.2. The second-order valence-corrected chi connectivity index (χ2v) is 8.93. The number of aryl methyl sites for hydroxylation is 1. The summed E-state index contributed by atoms with van der Waals surface area (Å²) in [6.45, 7) is -0.784. The fourth-order valence-corrected chi connectivity index (χ4v) is 4.46. The Balaban J connectivity index is 1.83. The van der Waals surface area contributed by atoms with Gasteiger partial charge in [0.25, 0.3) is 5.56 Å². The molecular formula is C25H17ClF4N6O3. The molecule has 0 aliphatic carbocycles. The summed E-state index contributed by atoms with van der Waals surface area (Å²) in [6, 6.07) is 5.35. The molecule has 0 saturated carbocycles. The summed E-state index contributed by atoms with van der Waals surface area (Å²) >= 11 is 6.20. The van der Waals surface area contributed by atoms with Gasteiger partial charge in [0.05, 0.1) is 42.6 Å². The lowest BCUT2D eigenvalue weighted by molar-refractivity contribution is 0.418. The average Bonchev–Trinajstić information content (AvgIpc) is 3.31. The third-order valence-corrected chi connectivity index (χ3v) is 6.21. The Morgan fingerprint density at radius 3 is 2.28 bits per heavy atom. The maximum Gasteiger partial charge on any atom is 0.332 e. The molecule has 9 nitrogen and oxygen atoms in total. The maximum atomic E-state index is 14.0. The molecule has 0 bridgehead atoms. The van der Waals surface area contributed by atoms with Crippen molar-refractivity contribution in [1.29, 1.82) is 0 Å². The summed E-state index contributed by atoms with van der Waals surface area (Å²) in [5, 5.41) is 3.99. The van der Waals surface area contributed by atoms with Crippen LogP contribution in [0.4, 0.5) is 17.6 Å². The van der Waals surface area contributed by atoms with Gasteiger partial charge in [-0.15, -0.1) is 0 Å². The summed E-state index contributed by atoms with van der Waals surface area (Å²) < 4.78 is 64.0. The molecule has 2 aromatic carbocycles. The molecule has 0 saturated heterocycles. The van der Waals surface area contributed by atoms with Gasteiger partial charge in [-0.2, -0.15) is 5.10 Å². The van der Waals surface area contributed by atoms with Gasteiger partial charge < -0.3 is 4.74 Å². The van der Waals surface area contributed by atoms with E-state index in [1.54, 1.807) is 7.05 Å². The molecule has 14 heteroatoms. The van der Waals surface area contributed by atoms with Crippen LogP contribution in [0.15, 0.2) is 52.4 Å². The lowest BCUT2D eigenvalue weighted by Crippen LogP contribution is -2.41. The topological polar surface area (TPSA) is 96.8 Å². The zero-order chi connectivity index (χ0) is 28.0. The zero-order valence-electron chi connectivity index (χ0n) is 20.3. The summed E-state index contributed by atoms with van der Waals surface area (Å²) in [6.07, 6.45) is 2.32. The predicted octanol–water partition coefficient (Wildman–Crippen LogP) is 3.67. The number of benzene rings is 2. The van der Waals surface area contributed by atoms with E-state index in [1.165, 1.54) is 30.3 Å². The highest BCUT2D eigenvalue weighted by molar-refractivity contribution is 6.33. The Labute approximate surface area is 221 Å². The van der Waals surface area contributed by atoms with Gasteiger partial charge in [0, 0.05) is 12.6 Å². The van der Waals surface area contributed by atoms with Crippen molar-refractivity contribution in [2.75, 3.05) is 7.11 Å². The minimum absolute atomic E-state index is 0.00286. The summed E-state index contributed by atoms with van der Waals surface area (Å²) in [7, 11) is 2.90. The van der Waals surface area contributed by atoms with E-state index in [9.17, 15) is 27.2 Å². The van der Waals surface area contributed by atoms with Crippen LogP contribution in [0.3, 0.4) is 0 Å². The molecule has 0 aliphatic heterocycles. The van der Waals surface area contributed by atoms with E-state index in [0.717, 1.165) is 33.5 Å². The van der Waals surface area contributed by atoms with E-state index < -0.39 is 41.1 Å². The van der Waals surface area contributed by atoms with Gasteiger partial charge in [-0.25, -0.2) is 27.3 Å². The quantitative estimate of drug-likeness (QED) is 0.232. The van der Waals surface area contributed by atoms with Gasteiger partial charge in [-0.05, 0) is 35.9 Å². The number of hydrogen-bond acceptors (Lipinski definition) is 6. The second kappa shape index (κ2) is 9.98. The number of halogens is 5. The van der Waals surface area contributed by atoms with Crippen LogP contribution in [0.2, 0.25) is 5.02 Å². The lowest BCUT2D eigenvalue weighted by Gasteiger charge is -2.17. The molecule has 200 valence electrons. The van der Waals surface area contributed by atoms with Crippen LogP contribution in [0.1, 0.15) is 11.4 Å². The summed E-state index contributed by atoms with van der Waals surface area (Å²) in [4.78, 5) is 35.3. The first kappa shape index (κ1) is 26.1. The van der Waals surface area contributed by atoms with Crippen molar-refractivity contribution in [3.8, 4) is 17.0 Å². The molecule has 5 rings (SSSR count). The van der Waals surface area contributed by atoms with Crippen molar-refractivity contribution in [2.24, 2.45) is 7.05 Å². The van der Waals surface area contributed by atoms with E-state index in [4.69, 9.17) is 16.3 Å². The van der Waals surface area contributed by atoms with Crippen molar-refractivity contribution in [2.45, 2.75) is 13.1 Å². The third kappa shape index (κ3) is 4.76. The Morgan fingerprint density at radius 2 is 1.67 bits per heavy atom. The van der Waals surface area contributed by atoms with Crippen molar-refractivity contribution < 1.29 is 22.3 Å². The Kier molecular flexibility index (Phi) is 6.68. The van der Waals surface area contributed by atoms with Crippen LogP contribution in [0.5, 0.6) is 5.75 Å². The molecule has 3 heterocycles. The van der Waals surface area contributed by atoms with Crippen LogP contribution in [-0.4, -0.2) is 36.0 Å². The molecule has 0 aliphatic rings. The Hall–Kier alpha value is -4.52. The number of rotatable bonds is 6. The molecule has 0 N–H and O–H groups in total. The highest BCUT2D eigenvalue weighted by Crippen LogP contribution is 2.33. The van der Waals surface area contributed by atoms with Crippen molar-refractivity contribution in [3.63, 3.8) is 0 Å². The largest absolute Gasteiger partial charge is 0.496 e. The molecule has 0 radical (unpaired) electrons. The van der Waals surface area contributed by atoms with Gasteiger partial charge in [0.2, 0.25) is 0 Å². The number of methoxy groups -OCH3 is 1. The molecule has 0 fully saturated rings. The predicted molar refractivity (Wildman–Crippen MR) is 133 cm³/mol. The first-order valence-corrected chi connectivity index (χ1v) is 11.6. The Bertz CT molecular complexity index is 1860. The van der Waals surface area contributed by atoms with Crippen molar-refractivity contribution in [1.82, 2.24) is 28.9 Å². The first-order chi connectivity index (χ1) is 18.6. The Morgan fingerprint density at radius 1 is 0.949 bits per heavy atom. The smallest absolute Gasteiger partial charge is 0.332 e. The molecular weight excluding hydrogens is 544 g/mol. The molecule has 0 atom stereocenters. The van der Waals surface area contributed by atoms with Gasteiger partial charge >= 0.3 is 5.69 Å². The fourth-order valence-electron chi connectivity index (χ4n) is 4.20. The van der Waals surface area contributed by atoms with E-state index in [2.05, 4.69) is 15.1 Å². The van der Waals surface area contributed by atoms with Gasteiger partial charge in [-0.3, -0.25) is 23.6 Å². The van der Waals surface area contributed by atoms with Crippen LogP contribution in [-0.2, 0) is 20.1 Å². The standard InChI is InChI=1S/C25H17ClF4N6O3/c1-34-11-32-20(33-34)10-36-24(37)21-18(35(25(36)38)9-12-3-16(28)22(30)17(29)4-12)5-13(6-19(21)39-2)23-15(26)7-14(27)8-31-23/h3-8,11H,9-10H2,1-2H3. The van der Waals surface area contributed by atoms with Gasteiger partial charge in [0.1, 0.15) is 23.3 Å². The number of hydrogen-bond donors (Lipinski definition) is 0. The minimum Gasteiger partial charge on any atom is -0.496 e. The van der Waals surface area contributed by atoms with Gasteiger partial charge in [0.15, 0.2) is 23.3 Å². The average molecular weight is 561 g/mol. The van der Waals surface area contributed by atoms with Crippen molar-refractivity contribution in [3.05, 3.63) is 103 Å². The van der Waals surface area contributed by atoms with E-state index in [-0.39, 0.29) is 50.9 Å². The van der Waals surface area contributed by atoms with E-state index in [1.807, 2.05) is 0 Å². The highest BCUT2D eigenvalue weighted by atomic mass is 35.5. The number of pyridine rings is 1.